The first-order chi connectivity index (χ1) is 13.6. The van der Waals surface area contributed by atoms with Gasteiger partial charge in [0.2, 0.25) is 0 Å². The van der Waals surface area contributed by atoms with Crippen LogP contribution in [0.2, 0.25) is 5.02 Å². The van der Waals surface area contributed by atoms with Crippen molar-refractivity contribution in [2.75, 3.05) is 36.4 Å². The van der Waals surface area contributed by atoms with Crippen molar-refractivity contribution in [3.8, 4) is 11.3 Å². The third-order valence-corrected chi connectivity index (χ3v) is 6.04. The highest BCUT2D eigenvalue weighted by molar-refractivity contribution is 7.80. The van der Waals surface area contributed by atoms with E-state index in [-0.39, 0.29) is 5.82 Å². The van der Waals surface area contributed by atoms with Crippen molar-refractivity contribution in [2.24, 2.45) is 0 Å². The van der Waals surface area contributed by atoms with Crippen molar-refractivity contribution < 1.29 is 4.39 Å². The van der Waals surface area contributed by atoms with Crippen molar-refractivity contribution >= 4 is 51.1 Å². The van der Waals surface area contributed by atoms with E-state index >= 15 is 0 Å². The number of piperazine rings is 1. The van der Waals surface area contributed by atoms with Crippen LogP contribution in [0.25, 0.3) is 11.3 Å². The van der Waals surface area contributed by atoms with E-state index in [2.05, 4.69) is 15.1 Å². The summed E-state index contributed by atoms with van der Waals surface area (Å²) in [5.41, 5.74) is 2.69. The Labute approximate surface area is 177 Å². The summed E-state index contributed by atoms with van der Waals surface area (Å²) < 4.78 is 13.1. The van der Waals surface area contributed by atoms with Gasteiger partial charge >= 0.3 is 0 Å². The minimum Gasteiger partial charge on any atom is -0.345 e. The second kappa shape index (κ2) is 8.43. The molecule has 1 saturated heterocycles. The molecule has 4 rings (SSSR count). The van der Waals surface area contributed by atoms with Gasteiger partial charge in [0.1, 0.15) is 5.82 Å². The third-order valence-electron chi connectivity index (χ3n) is 4.55. The van der Waals surface area contributed by atoms with E-state index in [1.807, 2.05) is 29.6 Å². The molecular formula is C20H18ClFN4S2. The molecule has 0 amide bonds. The standard InChI is InChI=1S/C20H18ClFN4S2/c21-15-2-1-3-17(12-15)23-19(27)25-8-10-26(11-9-25)20-24-18(13-28-20)14-4-6-16(22)7-5-14/h1-7,12-13H,8-11H2,(H,23,27). The molecule has 1 fully saturated rings. The maximum absolute atomic E-state index is 13.1. The number of halogens is 2. The second-order valence-corrected chi connectivity index (χ2v) is 8.10. The summed E-state index contributed by atoms with van der Waals surface area (Å²) in [6.07, 6.45) is 0. The van der Waals surface area contributed by atoms with Crippen LogP contribution in [0.5, 0.6) is 0 Å². The normalized spacial score (nSPS) is 14.2. The Balaban J connectivity index is 1.35. The first kappa shape index (κ1) is 19.1. The number of anilines is 2. The molecular weight excluding hydrogens is 415 g/mol. The van der Waals surface area contributed by atoms with E-state index in [1.165, 1.54) is 12.1 Å². The maximum atomic E-state index is 13.1. The van der Waals surface area contributed by atoms with Crippen LogP contribution in [-0.2, 0) is 0 Å². The highest BCUT2D eigenvalue weighted by Gasteiger charge is 2.21. The number of hydrogen-bond donors (Lipinski definition) is 1. The molecule has 0 bridgehead atoms. The molecule has 2 aromatic carbocycles. The molecule has 0 aliphatic carbocycles. The van der Waals surface area contributed by atoms with Crippen molar-refractivity contribution in [3.05, 3.63) is 64.8 Å². The lowest BCUT2D eigenvalue weighted by Gasteiger charge is -2.36. The van der Waals surface area contributed by atoms with Gasteiger partial charge in [-0.1, -0.05) is 17.7 Å². The van der Waals surface area contributed by atoms with E-state index in [9.17, 15) is 4.39 Å². The van der Waals surface area contributed by atoms with Crippen molar-refractivity contribution in [1.82, 2.24) is 9.88 Å². The molecule has 3 aromatic rings. The summed E-state index contributed by atoms with van der Waals surface area (Å²) in [4.78, 5) is 9.14. The van der Waals surface area contributed by atoms with E-state index in [0.29, 0.717) is 10.1 Å². The van der Waals surface area contributed by atoms with Gasteiger partial charge in [0.15, 0.2) is 10.2 Å². The Morgan fingerprint density at radius 1 is 1.11 bits per heavy atom. The fourth-order valence-electron chi connectivity index (χ4n) is 3.03. The Bertz CT molecular complexity index is 968. The number of thiocarbonyl (C=S) groups is 1. The van der Waals surface area contributed by atoms with Crippen LogP contribution in [0.15, 0.2) is 53.9 Å². The first-order valence-electron chi connectivity index (χ1n) is 8.86. The van der Waals surface area contributed by atoms with Crippen LogP contribution < -0.4 is 10.2 Å². The van der Waals surface area contributed by atoms with Crippen LogP contribution in [0.4, 0.5) is 15.2 Å². The van der Waals surface area contributed by atoms with Crippen LogP contribution >= 0.6 is 35.2 Å². The molecule has 0 radical (unpaired) electrons. The SMILES string of the molecule is Fc1ccc(-c2csc(N3CCN(C(=S)Nc4cccc(Cl)c4)CC3)n2)cc1. The van der Waals surface area contributed by atoms with Gasteiger partial charge in [-0.25, -0.2) is 9.37 Å². The molecule has 1 aliphatic heterocycles. The summed E-state index contributed by atoms with van der Waals surface area (Å²) in [5.74, 6) is -0.238. The zero-order chi connectivity index (χ0) is 19.5. The first-order valence-corrected chi connectivity index (χ1v) is 10.5. The molecule has 28 heavy (non-hydrogen) atoms. The third kappa shape index (κ3) is 4.43. The van der Waals surface area contributed by atoms with Gasteiger partial charge in [-0.05, 0) is 54.7 Å². The van der Waals surface area contributed by atoms with E-state index < -0.39 is 0 Å². The lowest BCUT2D eigenvalue weighted by Crippen LogP contribution is -2.50. The number of hydrogen-bond acceptors (Lipinski definition) is 4. The molecule has 0 atom stereocenters. The fraction of sp³-hybridized carbons (Fsp3) is 0.200. The number of thiazole rings is 1. The van der Waals surface area contributed by atoms with Gasteiger partial charge in [-0.2, -0.15) is 0 Å². The predicted octanol–water partition coefficient (Wildman–Crippen LogP) is 5.12. The molecule has 2 heterocycles. The highest BCUT2D eigenvalue weighted by atomic mass is 35.5. The van der Waals surface area contributed by atoms with E-state index in [4.69, 9.17) is 28.8 Å². The fourth-order valence-corrected chi connectivity index (χ4v) is 4.41. The van der Waals surface area contributed by atoms with Crippen LogP contribution in [-0.4, -0.2) is 41.2 Å². The van der Waals surface area contributed by atoms with Crippen molar-refractivity contribution in [2.45, 2.75) is 0 Å². The minimum atomic E-state index is -0.238. The van der Waals surface area contributed by atoms with Crippen LogP contribution in [0.3, 0.4) is 0 Å². The largest absolute Gasteiger partial charge is 0.345 e. The number of nitrogens with zero attached hydrogens (tertiary/aromatic N) is 3. The molecule has 1 aliphatic rings. The van der Waals surface area contributed by atoms with Gasteiger partial charge in [0.05, 0.1) is 5.69 Å². The number of benzene rings is 2. The summed E-state index contributed by atoms with van der Waals surface area (Å²) in [5, 5.41) is 7.62. The number of nitrogens with one attached hydrogen (secondary N) is 1. The van der Waals surface area contributed by atoms with Gasteiger partial charge in [0, 0.05) is 47.8 Å². The minimum absolute atomic E-state index is 0.238. The smallest absolute Gasteiger partial charge is 0.185 e. The average Bonchev–Trinajstić information content (AvgIpc) is 3.19. The van der Waals surface area contributed by atoms with Gasteiger partial charge in [0.25, 0.3) is 0 Å². The molecule has 4 nitrogen and oxygen atoms in total. The number of aromatic nitrogens is 1. The van der Waals surface area contributed by atoms with Crippen molar-refractivity contribution in [3.63, 3.8) is 0 Å². The zero-order valence-corrected chi connectivity index (χ0v) is 17.3. The van der Waals surface area contributed by atoms with E-state index in [0.717, 1.165) is 48.3 Å². The molecule has 1 aromatic heterocycles. The zero-order valence-electron chi connectivity index (χ0n) is 14.9. The van der Waals surface area contributed by atoms with Gasteiger partial charge in [-0.3, -0.25) is 0 Å². The number of rotatable bonds is 3. The molecule has 0 spiro atoms. The van der Waals surface area contributed by atoms with Gasteiger partial charge in [-0.15, -0.1) is 11.3 Å². The summed E-state index contributed by atoms with van der Waals surface area (Å²) in [6.45, 7) is 3.32. The Morgan fingerprint density at radius 3 is 2.57 bits per heavy atom. The second-order valence-electron chi connectivity index (χ2n) is 6.44. The molecule has 0 unspecified atom stereocenters. The Morgan fingerprint density at radius 2 is 1.86 bits per heavy atom. The van der Waals surface area contributed by atoms with Crippen LogP contribution in [0, 0.1) is 5.82 Å². The predicted molar refractivity (Wildman–Crippen MR) is 119 cm³/mol. The lowest BCUT2D eigenvalue weighted by atomic mass is 10.2. The highest BCUT2D eigenvalue weighted by Crippen LogP contribution is 2.28. The van der Waals surface area contributed by atoms with Gasteiger partial charge < -0.3 is 15.1 Å². The summed E-state index contributed by atoms with van der Waals surface area (Å²) in [7, 11) is 0. The summed E-state index contributed by atoms with van der Waals surface area (Å²) >= 11 is 13.2. The topological polar surface area (TPSA) is 31.4 Å². The molecule has 144 valence electrons. The Hall–Kier alpha value is -2.22. The maximum Gasteiger partial charge on any atom is 0.185 e. The van der Waals surface area contributed by atoms with Crippen LogP contribution in [0.1, 0.15) is 0 Å². The van der Waals surface area contributed by atoms with Crippen molar-refractivity contribution in [1.29, 1.82) is 0 Å². The van der Waals surface area contributed by atoms with E-state index in [1.54, 1.807) is 23.5 Å². The average molecular weight is 433 g/mol. The molecule has 8 heteroatoms. The lowest BCUT2D eigenvalue weighted by molar-refractivity contribution is 0.390. The summed E-state index contributed by atoms with van der Waals surface area (Å²) in [6, 6.07) is 14.0. The molecule has 1 N–H and O–H groups in total. The molecule has 0 saturated carbocycles. The Kier molecular flexibility index (Phi) is 5.75. The monoisotopic (exact) mass is 432 g/mol. The quantitative estimate of drug-likeness (QED) is 0.580.